The Morgan fingerprint density at radius 2 is 2.13 bits per heavy atom. The molecular formula is C14H13ClN6O7S2. The molecule has 0 bridgehead atoms. The molecule has 2 amide bonds. The Hall–Kier alpha value is -2.91. The molecule has 2 aliphatic rings. The molecular weight excluding hydrogens is 464 g/mol. The number of carboxylic acids is 2. The van der Waals surface area contributed by atoms with Crippen LogP contribution in [0.2, 0.25) is 0 Å². The lowest BCUT2D eigenvalue weighted by molar-refractivity contribution is -0.150. The first kappa shape index (κ1) is 21.8. The molecule has 0 radical (unpaired) electrons. The van der Waals surface area contributed by atoms with Crippen LogP contribution in [0.4, 0.5) is 5.13 Å². The van der Waals surface area contributed by atoms with Gasteiger partial charge in [0.2, 0.25) is 18.1 Å². The molecule has 0 aromatic carbocycles. The predicted octanol–water partition coefficient (Wildman–Crippen LogP) is -1.10. The standard InChI is InChI=1S/C14H13ClN6O7S2/c15-1-4-3-29-12-7(11(25)21(12)8(4)13(26)27)17-10(24)6(19-28-2-5(22)23)9-18-14(16)30-20-9/h7,12H,1-3H2,(H,17,24)(H,22,23)(H,26,27)(H2,16,18,20)/t7-,12+/m1/s1. The van der Waals surface area contributed by atoms with Crippen LogP contribution in [0.1, 0.15) is 5.82 Å². The van der Waals surface area contributed by atoms with Crippen molar-refractivity contribution in [2.75, 3.05) is 24.0 Å². The van der Waals surface area contributed by atoms with Crippen LogP contribution in [-0.4, -0.2) is 83.6 Å². The summed E-state index contributed by atoms with van der Waals surface area (Å²) in [5.41, 5.74) is 5.22. The monoisotopic (exact) mass is 476 g/mol. The fourth-order valence-corrected chi connectivity index (χ4v) is 4.78. The minimum absolute atomic E-state index is 0.0299. The number of thioether (sulfide) groups is 1. The Morgan fingerprint density at radius 1 is 1.40 bits per heavy atom. The van der Waals surface area contributed by atoms with Crippen LogP contribution >= 0.6 is 34.9 Å². The highest BCUT2D eigenvalue weighted by Crippen LogP contribution is 2.40. The van der Waals surface area contributed by atoms with Gasteiger partial charge in [0, 0.05) is 23.2 Å². The quantitative estimate of drug-likeness (QED) is 0.154. The number of carbonyl (C=O) groups excluding carboxylic acids is 2. The third-order valence-corrected chi connectivity index (χ3v) is 6.12. The second kappa shape index (κ2) is 8.85. The first-order valence-electron chi connectivity index (χ1n) is 8.02. The number of carbonyl (C=O) groups is 4. The van der Waals surface area contributed by atoms with Crippen molar-refractivity contribution in [3.63, 3.8) is 0 Å². The van der Waals surface area contributed by atoms with Gasteiger partial charge in [0.1, 0.15) is 17.1 Å². The molecule has 16 heteroatoms. The molecule has 2 aliphatic heterocycles. The molecule has 1 aromatic heterocycles. The molecule has 1 fully saturated rings. The van der Waals surface area contributed by atoms with Gasteiger partial charge in [-0.05, 0) is 5.57 Å². The van der Waals surface area contributed by atoms with E-state index in [0.29, 0.717) is 5.57 Å². The lowest BCUT2D eigenvalue weighted by Gasteiger charge is -2.49. The number of oxime groups is 1. The predicted molar refractivity (Wildman–Crippen MR) is 105 cm³/mol. The highest BCUT2D eigenvalue weighted by atomic mass is 35.5. The zero-order chi connectivity index (χ0) is 22.0. The maximum absolute atomic E-state index is 12.7. The number of amides is 2. The molecule has 3 heterocycles. The van der Waals surface area contributed by atoms with Crippen molar-refractivity contribution in [1.82, 2.24) is 19.6 Å². The van der Waals surface area contributed by atoms with Crippen LogP contribution in [0.15, 0.2) is 16.4 Å². The summed E-state index contributed by atoms with van der Waals surface area (Å²) in [6.07, 6.45) is 0. The number of β-lactam (4-membered cyclic amide) rings is 1. The summed E-state index contributed by atoms with van der Waals surface area (Å²) in [5, 5.41) is 23.3. The van der Waals surface area contributed by atoms with E-state index in [1.54, 1.807) is 0 Å². The molecule has 2 atom stereocenters. The lowest BCUT2D eigenvalue weighted by atomic mass is 10.0. The number of aromatic nitrogens is 2. The van der Waals surface area contributed by atoms with Crippen molar-refractivity contribution < 1.29 is 34.2 Å². The smallest absolute Gasteiger partial charge is 0.352 e. The summed E-state index contributed by atoms with van der Waals surface area (Å²) < 4.78 is 3.83. The molecule has 5 N–H and O–H groups in total. The second-order valence-corrected chi connectivity index (χ2v) is 7.97. The third-order valence-electron chi connectivity index (χ3n) is 3.91. The summed E-state index contributed by atoms with van der Waals surface area (Å²) in [5.74, 6) is -4.15. The number of nitrogens with one attached hydrogen (secondary N) is 1. The number of halogens is 1. The van der Waals surface area contributed by atoms with Crippen molar-refractivity contribution >= 4 is 69.5 Å². The molecule has 0 aliphatic carbocycles. The molecule has 1 aromatic rings. The molecule has 0 spiro atoms. The third kappa shape index (κ3) is 4.17. The van der Waals surface area contributed by atoms with E-state index in [-0.39, 0.29) is 28.3 Å². The number of carboxylic acid groups (broad SMARTS) is 2. The van der Waals surface area contributed by atoms with Crippen LogP contribution in [0.25, 0.3) is 0 Å². The Kier molecular flexibility index (Phi) is 6.42. The maximum Gasteiger partial charge on any atom is 0.352 e. The molecule has 160 valence electrons. The van der Waals surface area contributed by atoms with Gasteiger partial charge in [0.25, 0.3) is 11.8 Å². The molecule has 0 saturated carbocycles. The van der Waals surface area contributed by atoms with E-state index in [0.717, 1.165) is 16.4 Å². The zero-order valence-electron chi connectivity index (χ0n) is 14.8. The van der Waals surface area contributed by atoms with Crippen molar-refractivity contribution in [3.05, 3.63) is 17.1 Å². The normalized spacial score (nSPS) is 21.0. The van der Waals surface area contributed by atoms with Crippen LogP contribution in [0.5, 0.6) is 0 Å². The summed E-state index contributed by atoms with van der Waals surface area (Å²) in [6.45, 7) is -0.820. The Balaban J connectivity index is 1.79. The highest BCUT2D eigenvalue weighted by molar-refractivity contribution is 8.00. The maximum atomic E-state index is 12.7. The van der Waals surface area contributed by atoms with Gasteiger partial charge in [-0.25, -0.2) is 9.59 Å². The average molecular weight is 477 g/mol. The Labute approximate surface area is 181 Å². The van der Waals surface area contributed by atoms with Gasteiger partial charge >= 0.3 is 11.9 Å². The number of hydrogen-bond acceptors (Lipinski definition) is 11. The van der Waals surface area contributed by atoms with E-state index in [4.69, 9.17) is 22.4 Å². The molecule has 3 rings (SSSR count). The van der Waals surface area contributed by atoms with Gasteiger partial charge in [-0.3, -0.25) is 14.5 Å². The second-order valence-electron chi connectivity index (χ2n) is 5.82. The fraction of sp³-hybridized carbons (Fsp3) is 0.357. The SMILES string of the molecule is Nc1nc(C(=NOCC(=O)O)C(=O)N[C@@H]2C(=O)N3C(C(=O)O)=C(CCl)CS[C@@H]23)ns1. The molecule has 30 heavy (non-hydrogen) atoms. The van der Waals surface area contributed by atoms with Gasteiger partial charge in [-0.15, -0.1) is 23.4 Å². The summed E-state index contributed by atoms with van der Waals surface area (Å²) in [6, 6.07) is -1.05. The minimum Gasteiger partial charge on any atom is -0.479 e. The Bertz CT molecular complexity index is 980. The lowest BCUT2D eigenvalue weighted by Crippen LogP contribution is -2.71. The highest BCUT2D eigenvalue weighted by Gasteiger charge is 2.54. The largest absolute Gasteiger partial charge is 0.479 e. The van der Waals surface area contributed by atoms with Crippen LogP contribution in [0, 0.1) is 0 Å². The van der Waals surface area contributed by atoms with Crippen LogP contribution in [-0.2, 0) is 24.0 Å². The number of nitrogen functional groups attached to an aromatic ring is 1. The number of aliphatic carboxylic acids is 2. The van der Waals surface area contributed by atoms with Crippen molar-refractivity contribution in [3.8, 4) is 0 Å². The van der Waals surface area contributed by atoms with Crippen molar-refractivity contribution in [2.45, 2.75) is 11.4 Å². The van der Waals surface area contributed by atoms with Crippen LogP contribution < -0.4 is 11.1 Å². The van der Waals surface area contributed by atoms with Gasteiger partial charge < -0.3 is 26.1 Å². The van der Waals surface area contributed by atoms with Crippen molar-refractivity contribution in [1.29, 1.82) is 0 Å². The Morgan fingerprint density at radius 3 is 2.70 bits per heavy atom. The summed E-state index contributed by atoms with van der Waals surface area (Å²) in [4.78, 5) is 56.8. The number of hydrogen-bond donors (Lipinski definition) is 4. The van der Waals surface area contributed by atoms with Gasteiger partial charge in [-0.1, -0.05) is 5.16 Å². The number of rotatable bonds is 8. The van der Waals surface area contributed by atoms with E-state index in [1.165, 1.54) is 11.8 Å². The number of nitrogens with zero attached hydrogens (tertiary/aromatic N) is 4. The number of nitrogens with two attached hydrogens (primary N) is 1. The van der Waals surface area contributed by atoms with Crippen LogP contribution in [0.3, 0.4) is 0 Å². The van der Waals surface area contributed by atoms with Crippen molar-refractivity contribution in [2.24, 2.45) is 5.16 Å². The molecule has 1 saturated heterocycles. The fourth-order valence-electron chi connectivity index (χ4n) is 2.66. The zero-order valence-corrected chi connectivity index (χ0v) is 17.2. The number of fused-ring (bicyclic) bond motifs is 1. The first-order chi connectivity index (χ1) is 14.2. The number of anilines is 1. The van der Waals surface area contributed by atoms with Gasteiger partial charge in [-0.2, -0.15) is 9.36 Å². The minimum atomic E-state index is -1.32. The van der Waals surface area contributed by atoms with E-state index in [2.05, 4.69) is 24.7 Å². The average Bonchev–Trinajstić information content (AvgIpc) is 3.13. The van der Waals surface area contributed by atoms with Gasteiger partial charge in [0.05, 0.1) is 0 Å². The van der Waals surface area contributed by atoms with E-state index >= 15 is 0 Å². The van der Waals surface area contributed by atoms with E-state index < -0.39 is 47.5 Å². The summed E-state index contributed by atoms with van der Waals surface area (Å²) >= 11 is 7.79. The van der Waals surface area contributed by atoms with E-state index in [1.807, 2.05) is 0 Å². The summed E-state index contributed by atoms with van der Waals surface area (Å²) in [7, 11) is 0. The first-order valence-corrected chi connectivity index (χ1v) is 10.4. The van der Waals surface area contributed by atoms with E-state index in [9.17, 15) is 24.3 Å². The topological polar surface area (TPSA) is 197 Å². The molecule has 0 unspecified atom stereocenters. The number of alkyl halides is 1. The van der Waals surface area contributed by atoms with Gasteiger partial charge in [0.15, 0.2) is 5.13 Å². The molecule has 13 nitrogen and oxygen atoms in total.